The van der Waals surface area contributed by atoms with Crippen molar-refractivity contribution in [3.05, 3.63) is 34.8 Å². The third-order valence-electron chi connectivity index (χ3n) is 8.69. The molecule has 0 aliphatic heterocycles. The first-order chi connectivity index (χ1) is 14.3. The van der Waals surface area contributed by atoms with Gasteiger partial charge in [-0.15, -0.1) is 0 Å². The number of ether oxygens (including phenoxy) is 1. The van der Waals surface area contributed by atoms with Gasteiger partial charge in [0.05, 0.1) is 25.1 Å². The third kappa shape index (κ3) is 2.76. The van der Waals surface area contributed by atoms with Crippen molar-refractivity contribution in [1.82, 2.24) is 5.32 Å². The number of rotatable bonds is 5. The molecule has 30 heavy (non-hydrogen) atoms. The smallest absolute Gasteiger partial charge is 0.211 e. The molecule has 6 heteroatoms. The van der Waals surface area contributed by atoms with Gasteiger partial charge in [0.15, 0.2) is 0 Å². The number of fused-ring (bicyclic) bond motifs is 5. The van der Waals surface area contributed by atoms with Crippen LogP contribution in [-0.2, 0) is 9.53 Å². The summed E-state index contributed by atoms with van der Waals surface area (Å²) in [5, 5.41) is 23.8. The Labute approximate surface area is 178 Å². The molecule has 0 radical (unpaired) electrons. The SMILES string of the molecule is CCOC1=CC2=CC[C@H]3[C@@H]4CC/C(=C(/CO)NC=O)[C@@]4(C)C[C@H](O)[C@]3(F)[C@@]2(C)CC1. The molecule has 4 rings (SSSR count). The Bertz CT molecular complexity index is 820. The average Bonchev–Trinajstić information content (AvgIpc) is 3.04. The van der Waals surface area contributed by atoms with Crippen molar-refractivity contribution in [3.8, 4) is 0 Å². The predicted octanol–water partition coefficient (Wildman–Crippen LogP) is 3.53. The Morgan fingerprint density at radius 2 is 2.13 bits per heavy atom. The fourth-order valence-corrected chi connectivity index (χ4v) is 7.22. The average molecular weight is 420 g/mol. The van der Waals surface area contributed by atoms with Gasteiger partial charge in [0, 0.05) is 23.5 Å². The minimum absolute atomic E-state index is 0.0581. The van der Waals surface area contributed by atoms with Crippen LogP contribution in [0.4, 0.5) is 4.39 Å². The van der Waals surface area contributed by atoms with Crippen LogP contribution in [0.25, 0.3) is 0 Å². The van der Waals surface area contributed by atoms with Gasteiger partial charge < -0.3 is 20.3 Å². The van der Waals surface area contributed by atoms with Gasteiger partial charge in [0.1, 0.15) is 5.67 Å². The molecule has 1 amide bonds. The van der Waals surface area contributed by atoms with Gasteiger partial charge in [-0.3, -0.25) is 4.79 Å². The van der Waals surface area contributed by atoms with Gasteiger partial charge in [0.2, 0.25) is 6.41 Å². The highest BCUT2D eigenvalue weighted by atomic mass is 19.1. The number of carbonyl (C=O) groups excluding carboxylic acids is 1. The van der Waals surface area contributed by atoms with Crippen LogP contribution in [0.1, 0.15) is 59.3 Å². The number of carbonyl (C=O) groups is 1. The molecule has 4 aliphatic carbocycles. The number of halogens is 1. The zero-order valence-corrected chi connectivity index (χ0v) is 18.2. The number of alkyl halides is 1. The van der Waals surface area contributed by atoms with E-state index >= 15 is 4.39 Å². The predicted molar refractivity (Wildman–Crippen MR) is 112 cm³/mol. The van der Waals surface area contributed by atoms with Gasteiger partial charge in [-0.05, 0) is 67.6 Å². The summed E-state index contributed by atoms with van der Waals surface area (Å²) in [4.78, 5) is 11.0. The normalized spacial score (nSPS) is 44.1. The van der Waals surface area contributed by atoms with E-state index in [1.54, 1.807) is 0 Å². The van der Waals surface area contributed by atoms with Gasteiger partial charge in [-0.1, -0.05) is 19.9 Å². The summed E-state index contributed by atoms with van der Waals surface area (Å²) < 4.78 is 22.8. The summed E-state index contributed by atoms with van der Waals surface area (Å²) in [7, 11) is 0. The molecule has 166 valence electrons. The quantitative estimate of drug-likeness (QED) is 0.596. The third-order valence-corrected chi connectivity index (χ3v) is 8.69. The monoisotopic (exact) mass is 419 g/mol. The Morgan fingerprint density at radius 3 is 2.80 bits per heavy atom. The van der Waals surface area contributed by atoms with E-state index in [-0.39, 0.29) is 18.4 Å². The maximum Gasteiger partial charge on any atom is 0.211 e. The number of hydrogen-bond donors (Lipinski definition) is 3. The lowest BCUT2D eigenvalue weighted by Gasteiger charge is -2.61. The Morgan fingerprint density at radius 1 is 1.37 bits per heavy atom. The highest BCUT2D eigenvalue weighted by Gasteiger charge is 2.69. The van der Waals surface area contributed by atoms with Gasteiger partial charge in [0.25, 0.3) is 0 Å². The molecule has 0 heterocycles. The van der Waals surface area contributed by atoms with Crippen LogP contribution in [0.2, 0.25) is 0 Å². The van der Waals surface area contributed by atoms with E-state index < -0.39 is 22.6 Å². The van der Waals surface area contributed by atoms with Gasteiger partial charge in [-0.2, -0.15) is 0 Å². The molecule has 4 aliphatic rings. The number of nitrogens with one attached hydrogen (secondary N) is 1. The van der Waals surface area contributed by atoms with E-state index in [0.29, 0.717) is 50.8 Å². The first kappa shape index (κ1) is 21.6. The van der Waals surface area contributed by atoms with Crippen LogP contribution in [0.5, 0.6) is 0 Å². The second kappa shape index (κ2) is 7.49. The zero-order valence-electron chi connectivity index (χ0n) is 18.2. The van der Waals surface area contributed by atoms with Crippen molar-refractivity contribution in [3.63, 3.8) is 0 Å². The first-order valence-electron chi connectivity index (χ1n) is 11.2. The van der Waals surface area contributed by atoms with Crippen molar-refractivity contribution in [2.45, 2.75) is 71.1 Å². The van der Waals surface area contributed by atoms with Crippen LogP contribution < -0.4 is 5.32 Å². The van der Waals surface area contributed by atoms with Crippen LogP contribution in [0, 0.1) is 22.7 Å². The minimum atomic E-state index is -1.71. The molecule has 3 N–H and O–H groups in total. The van der Waals surface area contributed by atoms with Crippen LogP contribution in [-0.4, -0.2) is 41.6 Å². The molecule has 0 aromatic heterocycles. The molecule has 0 spiro atoms. The highest BCUT2D eigenvalue weighted by molar-refractivity contribution is 5.52. The van der Waals surface area contributed by atoms with Crippen LogP contribution >= 0.6 is 0 Å². The second-order valence-electron chi connectivity index (χ2n) is 9.81. The van der Waals surface area contributed by atoms with E-state index in [4.69, 9.17) is 4.74 Å². The summed E-state index contributed by atoms with van der Waals surface area (Å²) in [6.45, 7) is 6.33. The van der Waals surface area contributed by atoms with Crippen molar-refractivity contribution in [2.24, 2.45) is 22.7 Å². The number of amides is 1. The van der Waals surface area contributed by atoms with Crippen molar-refractivity contribution < 1.29 is 24.1 Å². The molecule has 0 aromatic carbocycles. The van der Waals surface area contributed by atoms with Crippen molar-refractivity contribution >= 4 is 6.41 Å². The summed E-state index contributed by atoms with van der Waals surface area (Å²) in [5.41, 5.74) is -0.464. The molecule has 2 fully saturated rings. The lowest BCUT2D eigenvalue weighted by atomic mass is 9.46. The van der Waals surface area contributed by atoms with E-state index in [9.17, 15) is 15.0 Å². The second-order valence-corrected chi connectivity index (χ2v) is 9.81. The fraction of sp³-hybridized carbons (Fsp3) is 0.708. The maximum atomic E-state index is 17.1. The first-order valence-corrected chi connectivity index (χ1v) is 11.2. The molecule has 0 saturated heterocycles. The Hall–Kier alpha value is -1.66. The number of aliphatic hydroxyl groups excluding tert-OH is 2. The molecule has 0 unspecified atom stereocenters. The lowest BCUT2D eigenvalue weighted by Crippen LogP contribution is -2.66. The zero-order chi connectivity index (χ0) is 21.7. The molecule has 5 nitrogen and oxygen atoms in total. The minimum Gasteiger partial charge on any atom is -0.498 e. The molecule has 0 bridgehead atoms. The van der Waals surface area contributed by atoms with Crippen molar-refractivity contribution in [1.29, 1.82) is 0 Å². The standard InChI is InChI=1S/C24H34FNO4/c1-4-30-16-9-10-23(3)15(11-16)5-6-18-17-7-8-19(20(13-27)26-14-28)22(17,2)12-21(29)24(18,23)25/h5,11,14,17-18,21,27,29H,4,6-10,12-13H2,1-3H3,(H,26,28)/b20-19+/t17-,18-,21-,22-,23-,24-/m0/s1. The summed E-state index contributed by atoms with van der Waals surface area (Å²) in [5.74, 6) is 0.663. The number of aliphatic hydroxyl groups is 2. The Balaban J connectivity index is 1.76. The highest BCUT2D eigenvalue weighted by Crippen LogP contribution is 2.69. The largest absolute Gasteiger partial charge is 0.498 e. The van der Waals surface area contributed by atoms with E-state index in [2.05, 4.69) is 18.3 Å². The lowest BCUT2D eigenvalue weighted by molar-refractivity contribution is -0.189. The Kier molecular flexibility index (Phi) is 5.38. The van der Waals surface area contributed by atoms with Crippen LogP contribution in [0.15, 0.2) is 34.8 Å². The van der Waals surface area contributed by atoms with Gasteiger partial charge in [-0.25, -0.2) is 4.39 Å². The molecule has 6 atom stereocenters. The molecular formula is C24H34FNO4. The summed E-state index contributed by atoms with van der Waals surface area (Å²) in [6.07, 6.45) is 7.30. The van der Waals surface area contributed by atoms with E-state index in [0.717, 1.165) is 23.3 Å². The molecular weight excluding hydrogens is 385 g/mol. The topological polar surface area (TPSA) is 78.8 Å². The number of hydrogen-bond acceptors (Lipinski definition) is 4. The summed E-state index contributed by atoms with van der Waals surface area (Å²) in [6, 6.07) is 0. The van der Waals surface area contributed by atoms with Crippen molar-refractivity contribution in [2.75, 3.05) is 13.2 Å². The molecule has 0 aromatic rings. The van der Waals surface area contributed by atoms with E-state index in [1.807, 2.05) is 19.9 Å². The summed E-state index contributed by atoms with van der Waals surface area (Å²) >= 11 is 0. The van der Waals surface area contributed by atoms with Gasteiger partial charge >= 0.3 is 0 Å². The maximum absolute atomic E-state index is 17.1. The van der Waals surface area contributed by atoms with E-state index in [1.165, 1.54) is 0 Å². The van der Waals surface area contributed by atoms with Crippen LogP contribution in [0.3, 0.4) is 0 Å². The fourth-order valence-electron chi connectivity index (χ4n) is 7.22. The molecule has 2 saturated carbocycles. The number of allylic oxidation sites excluding steroid dienone is 5.